The smallest absolute Gasteiger partial charge is 0.226 e. The predicted octanol–water partition coefficient (Wildman–Crippen LogP) is 2.73. The summed E-state index contributed by atoms with van der Waals surface area (Å²) in [5.74, 6) is 1.66. The van der Waals surface area contributed by atoms with Crippen molar-refractivity contribution in [3.63, 3.8) is 0 Å². The first-order valence-electron chi connectivity index (χ1n) is 6.65. The van der Waals surface area contributed by atoms with E-state index in [1.807, 2.05) is 32.9 Å². The Hall–Kier alpha value is -1.91. The summed E-state index contributed by atoms with van der Waals surface area (Å²) in [6.45, 7) is 6.90. The number of hydrogen-bond acceptors (Lipinski definition) is 5. The molecule has 2 aromatic heterocycles. The van der Waals surface area contributed by atoms with Crippen LogP contribution in [0, 0.1) is 20.8 Å². The third kappa shape index (κ3) is 2.32. The molecule has 5 heteroatoms. The summed E-state index contributed by atoms with van der Waals surface area (Å²) in [6.07, 6.45) is 2.20. The van der Waals surface area contributed by atoms with Crippen LogP contribution < -0.4 is 4.90 Å². The summed E-state index contributed by atoms with van der Waals surface area (Å²) in [7, 11) is 0. The maximum atomic E-state index is 5.19. The lowest BCUT2D eigenvalue weighted by atomic mass is 10.1. The van der Waals surface area contributed by atoms with Crippen molar-refractivity contribution < 1.29 is 4.52 Å². The van der Waals surface area contributed by atoms with Gasteiger partial charge in [0.25, 0.3) is 0 Å². The fourth-order valence-corrected chi connectivity index (χ4v) is 2.69. The highest BCUT2D eigenvalue weighted by molar-refractivity contribution is 5.38. The van der Waals surface area contributed by atoms with Crippen LogP contribution in [0.4, 0.5) is 5.95 Å². The van der Waals surface area contributed by atoms with E-state index in [0.717, 1.165) is 48.2 Å². The third-order valence-corrected chi connectivity index (χ3v) is 3.47. The summed E-state index contributed by atoms with van der Waals surface area (Å²) in [4.78, 5) is 11.3. The first kappa shape index (κ1) is 12.1. The van der Waals surface area contributed by atoms with Crippen molar-refractivity contribution in [2.45, 2.75) is 39.7 Å². The van der Waals surface area contributed by atoms with Crippen molar-refractivity contribution in [3.05, 3.63) is 35.0 Å². The van der Waals surface area contributed by atoms with Gasteiger partial charge in [-0.25, -0.2) is 9.97 Å². The highest BCUT2D eigenvalue weighted by atomic mass is 16.5. The zero-order valence-electron chi connectivity index (χ0n) is 11.6. The molecule has 3 heterocycles. The lowest BCUT2D eigenvalue weighted by Gasteiger charge is -2.23. The van der Waals surface area contributed by atoms with Crippen LogP contribution in [-0.2, 0) is 0 Å². The number of hydrogen-bond donors (Lipinski definition) is 0. The molecule has 19 heavy (non-hydrogen) atoms. The van der Waals surface area contributed by atoms with E-state index < -0.39 is 0 Å². The summed E-state index contributed by atoms with van der Waals surface area (Å²) < 4.78 is 5.19. The van der Waals surface area contributed by atoms with Crippen molar-refractivity contribution in [3.8, 4) is 0 Å². The first-order valence-corrected chi connectivity index (χ1v) is 6.65. The number of rotatable bonds is 2. The molecule has 1 atom stereocenters. The highest BCUT2D eigenvalue weighted by Gasteiger charge is 2.30. The van der Waals surface area contributed by atoms with Crippen LogP contribution in [0.1, 0.15) is 41.7 Å². The van der Waals surface area contributed by atoms with E-state index in [0.29, 0.717) is 0 Å². The van der Waals surface area contributed by atoms with E-state index >= 15 is 0 Å². The fourth-order valence-electron chi connectivity index (χ4n) is 2.69. The summed E-state index contributed by atoms with van der Waals surface area (Å²) in [5, 5.41) is 4.15. The van der Waals surface area contributed by atoms with E-state index in [1.54, 1.807) is 0 Å². The Bertz CT molecular complexity index is 573. The molecule has 0 aromatic carbocycles. The van der Waals surface area contributed by atoms with Gasteiger partial charge in [-0.3, -0.25) is 0 Å². The minimum absolute atomic E-state index is 0.235. The van der Waals surface area contributed by atoms with Gasteiger partial charge in [0.2, 0.25) is 5.95 Å². The van der Waals surface area contributed by atoms with Crippen LogP contribution in [0.15, 0.2) is 16.7 Å². The lowest BCUT2D eigenvalue weighted by molar-refractivity contribution is 0.385. The molecule has 0 N–H and O–H groups in total. The topological polar surface area (TPSA) is 55.1 Å². The molecule has 0 amide bonds. The molecule has 1 aliphatic rings. The van der Waals surface area contributed by atoms with Gasteiger partial charge in [0.15, 0.2) is 0 Å². The van der Waals surface area contributed by atoms with Crippen LogP contribution >= 0.6 is 0 Å². The molecule has 100 valence electrons. The van der Waals surface area contributed by atoms with Gasteiger partial charge in [0.1, 0.15) is 11.5 Å². The van der Waals surface area contributed by atoms with Gasteiger partial charge in [0.05, 0.1) is 6.04 Å². The third-order valence-electron chi connectivity index (χ3n) is 3.47. The van der Waals surface area contributed by atoms with E-state index in [4.69, 9.17) is 4.52 Å². The Labute approximate surface area is 112 Å². The Morgan fingerprint density at radius 3 is 2.53 bits per heavy atom. The maximum Gasteiger partial charge on any atom is 0.226 e. The average molecular weight is 258 g/mol. The molecule has 5 nitrogen and oxygen atoms in total. The molecule has 0 unspecified atom stereocenters. The van der Waals surface area contributed by atoms with E-state index in [-0.39, 0.29) is 6.04 Å². The van der Waals surface area contributed by atoms with Gasteiger partial charge in [-0.1, -0.05) is 5.16 Å². The lowest BCUT2D eigenvalue weighted by Crippen LogP contribution is -2.25. The normalized spacial score (nSPS) is 19.1. The van der Waals surface area contributed by atoms with Crippen molar-refractivity contribution >= 4 is 5.95 Å². The number of nitrogens with zero attached hydrogens (tertiary/aromatic N) is 4. The molecule has 0 bridgehead atoms. The van der Waals surface area contributed by atoms with Gasteiger partial charge in [-0.05, 0) is 39.7 Å². The molecule has 0 saturated carbocycles. The average Bonchev–Trinajstić information content (AvgIpc) is 2.95. The number of aryl methyl sites for hydroxylation is 3. The molecule has 1 saturated heterocycles. The fraction of sp³-hybridized carbons (Fsp3) is 0.500. The highest BCUT2D eigenvalue weighted by Crippen LogP contribution is 2.34. The van der Waals surface area contributed by atoms with Crippen LogP contribution in [0.3, 0.4) is 0 Å². The molecular formula is C14H18N4O. The van der Waals surface area contributed by atoms with Crippen LogP contribution in [0.5, 0.6) is 0 Å². The molecule has 1 aliphatic heterocycles. The minimum Gasteiger partial charge on any atom is -0.361 e. The van der Waals surface area contributed by atoms with E-state index in [1.165, 1.54) is 0 Å². The summed E-state index contributed by atoms with van der Waals surface area (Å²) >= 11 is 0. The number of anilines is 1. The molecule has 0 aliphatic carbocycles. The zero-order valence-corrected chi connectivity index (χ0v) is 11.6. The quantitative estimate of drug-likeness (QED) is 0.829. The van der Waals surface area contributed by atoms with Gasteiger partial charge < -0.3 is 9.42 Å². The maximum absolute atomic E-state index is 5.19. The van der Waals surface area contributed by atoms with Gasteiger partial charge >= 0.3 is 0 Å². The largest absolute Gasteiger partial charge is 0.361 e. The number of aromatic nitrogens is 3. The molecular weight excluding hydrogens is 240 g/mol. The van der Waals surface area contributed by atoms with E-state index in [9.17, 15) is 0 Å². The van der Waals surface area contributed by atoms with Crippen molar-refractivity contribution in [1.82, 2.24) is 15.1 Å². The monoisotopic (exact) mass is 258 g/mol. The Balaban J connectivity index is 1.94. The molecule has 0 radical (unpaired) electrons. The second-order valence-corrected chi connectivity index (χ2v) is 5.16. The molecule has 3 rings (SSSR count). The van der Waals surface area contributed by atoms with Crippen molar-refractivity contribution in [1.29, 1.82) is 0 Å². The standard InChI is InChI=1S/C14H18N4O/c1-9-7-10(2)16-14(15-9)18-6-4-5-13(18)12-8-11(3)19-17-12/h7-8,13H,4-6H2,1-3H3/t13-/m0/s1. The Morgan fingerprint density at radius 2 is 1.89 bits per heavy atom. The van der Waals surface area contributed by atoms with Gasteiger partial charge in [0, 0.05) is 24.0 Å². The Morgan fingerprint density at radius 1 is 1.16 bits per heavy atom. The Kier molecular flexibility index (Phi) is 2.97. The minimum atomic E-state index is 0.235. The second-order valence-electron chi connectivity index (χ2n) is 5.16. The van der Waals surface area contributed by atoms with Crippen LogP contribution in [-0.4, -0.2) is 21.7 Å². The zero-order chi connectivity index (χ0) is 13.4. The van der Waals surface area contributed by atoms with Gasteiger partial charge in [-0.2, -0.15) is 0 Å². The van der Waals surface area contributed by atoms with Crippen LogP contribution in [0.25, 0.3) is 0 Å². The first-order chi connectivity index (χ1) is 9.13. The summed E-state index contributed by atoms with van der Waals surface area (Å²) in [6, 6.07) is 4.24. The molecule has 2 aromatic rings. The summed E-state index contributed by atoms with van der Waals surface area (Å²) in [5.41, 5.74) is 2.99. The second kappa shape index (κ2) is 4.64. The van der Waals surface area contributed by atoms with Crippen molar-refractivity contribution in [2.24, 2.45) is 0 Å². The molecule has 0 spiro atoms. The van der Waals surface area contributed by atoms with Gasteiger partial charge in [-0.15, -0.1) is 0 Å². The SMILES string of the molecule is Cc1cc(C)nc(N2CCC[C@H]2c2cc(C)on2)n1. The van der Waals surface area contributed by atoms with Crippen LogP contribution in [0.2, 0.25) is 0 Å². The predicted molar refractivity (Wildman–Crippen MR) is 72.1 cm³/mol. The van der Waals surface area contributed by atoms with E-state index in [2.05, 4.69) is 20.0 Å². The van der Waals surface area contributed by atoms with Crippen molar-refractivity contribution in [2.75, 3.05) is 11.4 Å². The molecule has 1 fully saturated rings.